The highest BCUT2D eigenvalue weighted by Gasteiger charge is 2.38. The Morgan fingerprint density at radius 1 is 1.30 bits per heavy atom. The monoisotopic (exact) mass is 431 g/mol. The van der Waals surface area contributed by atoms with Crippen LogP contribution >= 0.6 is 11.6 Å². The van der Waals surface area contributed by atoms with Gasteiger partial charge >= 0.3 is 5.97 Å². The summed E-state index contributed by atoms with van der Waals surface area (Å²) in [6.45, 7) is 5.29. The fourth-order valence-corrected chi connectivity index (χ4v) is 3.76. The molecule has 1 atom stereocenters. The molecule has 0 fully saturated rings. The maximum absolute atomic E-state index is 14.5. The van der Waals surface area contributed by atoms with Crippen molar-refractivity contribution in [3.63, 3.8) is 0 Å². The molecule has 30 heavy (non-hydrogen) atoms. The van der Waals surface area contributed by atoms with Crippen LogP contribution in [-0.2, 0) is 20.9 Å². The maximum Gasteiger partial charge on any atom is 0.336 e. The number of hydrogen-bond donors (Lipinski definition) is 0. The zero-order chi connectivity index (χ0) is 21.8. The van der Waals surface area contributed by atoms with Gasteiger partial charge in [-0.1, -0.05) is 42.5 Å². The molecule has 0 aliphatic carbocycles. The number of hydrogen-bond acceptors (Lipinski definition) is 3. The molecule has 0 saturated heterocycles. The largest absolute Gasteiger partial charge is 0.458 e. The zero-order valence-electron chi connectivity index (χ0n) is 16.3. The molecule has 0 aromatic heterocycles. The van der Waals surface area contributed by atoms with Gasteiger partial charge in [0.05, 0.1) is 12.1 Å². The van der Waals surface area contributed by atoms with E-state index in [1.54, 1.807) is 25.1 Å². The second kappa shape index (κ2) is 9.22. The van der Waals surface area contributed by atoms with E-state index in [0.29, 0.717) is 10.7 Å². The van der Waals surface area contributed by atoms with Gasteiger partial charge in [-0.15, -0.1) is 0 Å². The normalized spacial score (nSPS) is 16.6. The molecule has 1 aliphatic rings. The van der Waals surface area contributed by atoms with Crippen molar-refractivity contribution >= 4 is 23.5 Å². The molecule has 2 aromatic carbocycles. The molecule has 3 rings (SSSR count). The Balaban J connectivity index is 2.06. The van der Waals surface area contributed by atoms with Gasteiger partial charge in [0, 0.05) is 29.1 Å². The van der Waals surface area contributed by atoms with Crippen molar-refractivity contribution in [1.29, 1.82) is 0 Å². The lowest BCUT2D eigenvalue weighted by Gasteiger charge is -2.34. The molecule has 1 unspecified atom stereocenters. The number of esters is 1. The molecule has 156 valence electrons. The van der Waals surface area contributed by atoms with E-state index in [1.807, 2.05) is 6.07 Å². The number of carbonyl (C=O) groups is 2. The molecule has 0 spiro atoms. The van der Waals surface area contributed by atoms with Crippen molar-refractivity contribution in [2.75, 3.05) is 6.61 Å². The van der Waals surface area contributed by atoms with Crippen LogP contribution < -0.4 is 0 Å². The van der Waals surface area contributed by atoms with Crippen molar-refractivity contribution in [3.05, 3.63) is 94.2 Å². The first-order valence-corrected chi connectivity index (χ1v) is 9.68. The summed E-state index contributed by atoms with van der Waals surface area (Å²) < 4.78 is 33.1. The number of benzene rings is 2. The maximum atomic E-state index is 14.5. The molecule has 0 N–H and O–H groups in total. The Kier molecular flexibility index (Phi) is 6.67. The first-order chi connectivity index (χ1) is 14.3. The fourth-order valence-electron chi connectivity index (χ4n) is 3.55. The molecule has 1 aliphatic heterocycles. The van der Waals surface area contributed by atoms with Crippen LogP contribution in [0, 0.1) is 11.6 Å². The highest BCUT2D eigenvalue weighted by atomic mass is 35.5. The lowest BCUT2D eigenvalue weighted by molar-refractivity contribution is -0.139. The number of amides is 1. The van der Waals surface area contributed by atoms with Gasteiger partial charge in [-0.3, -0.25) is 4.79 Å². The lowest BCUT2D eigenvalue weighted by Crippen LogP contribution is -2.38. The third kappa shape index (κ3) is 4.60. The molecule has 1 amide bonds. The van der Waals surface area contributed by atoms with Crippen LogP contribution in [0.4, 0.5) is 8.78 Å². The SMILES string of the molecule is C=CCOC(=O)C1=C(C)N(Cc2cccc(Cl)c2)C(=O)CC1c1ccc(F)cc1F. The molecule has 1 heterocycles. The number of carbonyl (C=O) groups excluding carboxylic acids is 2. The summed E-state index contributed by atoms with van der Waals surface area (Å²) in [4.78, 5) is 27.2. The number of allylic oxidation sites excluding steroid dienone is 1. The van der Waals surface area contributed by atoms with E-state index >= 15 is 0 Å². The molecule has 7 heteroatoms. The van der Waals surface area contributed by atoms with Crippen molar-refractivity contribution in [2.24, 2.45) is 0 Å². The zero-order valence-corrected chi connectivity index (χ0v) is 17.1. The molecule has 0 radical (unpaired) electrons. The number of rotatable bonds is 6. The number of nitrogens with zero attached hydrogens (tertiary/aromatic N) is 1. The van der Waals surface area contributed by atoms with Gasteiger partial charge in [0.1, 0.15) is 18.2 Å². The van der Waals surface area contributed by atoms with Crippen molar-refractivity contribution in [2.45, 2.75) is 25.8 Å². The van der Waals surface area contributed by atoms with Crippen molar-refractivity contribution < 1.29 is 23.1 Å². The van der Waals surface area contributed by atoms with E-state index in [4.69, 9.17) is 16.3 Å². The van der Waals surface area contributed by atoms with Gasteiger partial charge in [0.2, 0.25) is 5.91 Å². The Labute approximate surface area is 178 Å². The second-order valence-electron chi connectivity index (χ2n) is 6.92. The topological polar surface area (TPSA) is 46.6 Å². The van der Waals surface area contributed by atoms with Crippen LogP contribution in [0.3, 0.4) is 0 Å². The highest BCUT2D eigenvalue weighted by molar-refractivity contribution is 6.30. The van der Waals surface area contributed by atoms with E-state index in [0.717, 1.165) is 17.7 Å². The lowest BCUT2D eigenvalue weighted by atomic mass is 9.83. The van der Waals surface area contributed by atoms with Gasteiger partial charge in [-0.25, -0.2) is 13.6 Å². The van der Waals surface area contributed by atoms with Gasteiger partial charge in [0.25, 0.3) is 0 Å². The smallest absolute Gasteiger partial charge is 0.336 e. The molecular formula is C23H20ClF2NO3. The summed E-state index contributed by atoms with van der Waals surface area (Å²) in [5, 5.41) is 0.524. The third-order valence-corrected chi connectivity index (χ3v) is 5.18. The molecule has 0 bridgehead atoms. The minimum absolute atomic E-state index is 0.0313. The quantitative estimate of drug-likeness (QED) is 0.470. The summed E-state index contributed by atoms with van der Waals surface area (Å²) in [7, 11) is 0. The van der Waals surface area contributed by atoms with Crippen LogP contribution in [0.5, 0.6) is 0 Å². The Hall–Kier alpha value is -2.99. The predicted molar refractivity (Wildman–Crippen MR) is 110 cm³/mol. The summed E-state index contributed by atoms with van der Waals surface area (Å²) in [5.41, 5.74) is 1.36. The van der Waals surface area contributed by atoms with E-state index < -0.39 is 23.5 Å². The van der Waals surface area contributed by atoms with Crippen LogP contribution in [0.25, 0.3) is 0 Å². The first kappa shape index (κ1) is 21.7. The Morgan fingerprint density at radius 2 is 2.07 bits per heavy atom. The van der Waals surface area contributed by atoms with Crippen LogP contribution in [0.15, 0.2) is 66.4 Å². The van der Waals surface area contributed by atoms with Gasteiger partial charge < -0.3 is 9.64 Å². The minimum Gasteiger partial charge on any atom is -0.458 e. The summed E-state index contributed by atoms with van der Waals surface area (Å²) >= 11 is 6.03. The minimum atomic E-state index is -0.883. The Morgan fingerprint density at radius 3 is 2.73 bits per heavy atom. The van der Waals surface area contributed by atoms with Crippen LogP contribution in [0.1, 0.15) is 30.4 Å². The third-order valence-electron chi connectivity index (χ3n) is 4.94. The molecular weight excluding hydrogens is 412 g/mol. The van der Waals surface area contributed by atoms with Gasteiger partial charge in [-0.2, -0.15) is 0 Å². The van der Waals surface area contributed by atoms with Gasteiger partial charge in [0.15, 0.2) is 0 Å². The average Bonchev–Trinajstić information content (AvgIpc) is 2.69. The Bertz CT molecular complexity index is 1030. The van der Waals surface area contributed by atoms with Crippen LogP contribution in [-0.4, -0.2) is 23.4 Å². The highest BCUT2D eigenvalue weighted by Crippen LogP contribution is 2.39. The fraction of sp³-hybridized carbons (Fsp3) is 0.217. The van der Waals surface area contributed by atoms with E-state index in [1.165, 1.54) is 17.0 Å². The first-order valence-electron chi connectivity index (χ1n) is 9.30. The van der Waals surface area contributed by atoms with Gasteiger partial charge in [-0.05, 0) is 36.2 Å². The van der Waals surface area contributed by atoms with E-state index in [9.17, 15) is 18.4 Å². The predicted octanol–water partition coefficient (Wildman–Crippen LogP) is 5.14. The molecule has 4 nitrogen and oxygen atoms in total. The van der Waals surface area contributed by atoms with E-state index in [-0.39, 0.29) is 36.6 Å². The average molecular weight is 432 g/mol. The van der Waals surface area contributed by atoms with Crippen molar-refractivity contribution in [3.8, 4) is 0 Å². The molecule has 0 saturated carbocycles. The summed E-state index contributed by atoms with van der Waals surface area (Å²) in [5.74, 6) is -3.41. The summed E-state index contributed by atoms with van der Waals surface area (Å²) in [6.07, 6.45) is 1.26. The van der Waals surface area contributed by atoms with E-state index in [2.05, 4.69) is 6.58 Å². The second-order valence-corrected chi connectivity index (χ2v) is 7.36. The standard InChI is InChI=1S/C23H20ClF2NO3/c1-3-9-30-23(29)22-14(2)27(13-15-5-4-6-16(24)10-15)21(28)12-19(22)18-8-7-17(25)11-20(18)26/h3-8,10-11,19H,1,9,12-13H2,2H3. The number of ether oxygens (including phenoxy) is 1. The summed E-state index contributed by atoms with van der Waals surface area (Å²) in [6, 6.07) is 10.1. The number of halogens is 3. The van der Waals surface area contributed by atoms with Crippen molar-refractivity contribution in [1.82, 2.24) is 4.90 Å². The van der Waals surface area contributed by atoms with Crippen LogP contribution in [0.2, 0.25) is 5.02 Å². The molecule has 2 aromatic rings.